The van der Waals surface area contributed by atoms with Crippen molar-refractivity contribution in [2.24, 2.45) is 0 Å². The van der Waals surface area contributed by atoms with Gasteiger partial charge in [-0.1, -0.05) is 11.3 Å². The minimum absolute atomic E-state index is 0.309. The summed E-state index contributed by atoms with van der Waals surface area (Å²) in [5.74, 6) is -0.309. The van der Waals surface area contributed by atoms with E-state index in [1.54, 1.807) is 6.92 Å². The first-order valence-electron chi connectivity index (χ1n) is 4.45. The Morgan fingerprint density at radius 2 is 2.12 bits per heavy atom. The van der Waals surface area contributed by atoms with Crippen LogP contribution in [0, 0.1) is 12.1 Å². The lowest BCUT2D eigenvalue weighted by atomic mass is 10.2. The fraction of sp³-hybridized carbons (Fsp3) is 0.111. The maximum absolute atomic E-state index is 11.7. The summed E-state index contributed by atoms with van der Waals surface area (Å²) in [5, 5.41) is 22.1. The van der Waals surface area contributed by atoms with Crippen LogP contribution in [0.4, 0.5) is 5.13 Å². The number of pyridine rings is 1. The predicted octanol–water partition coefficient (Wildman–Crippen LogP) is 0.732. The minimum atomic E-state index is -0.309. The first-order valence-corrected chi connectivity index (χ1v) is 5.27. The summed E-state index contributed by atoms with van der Waals surface area (Å²) < 4.78 is 0.617. The van der Waals surface area contributed by atoms with E-state index in [4.69, 9.17) is 0 Å². The summed E-state index contributed by atoms with van der Waals surface area (Å²) in [7, 11) is 0. The van der Waals surface area contributed by atoms with E-state index in [0.29, 0.717) is 15.4 Å². The van der Waals surface area contributed by atoms with Gasteiger partial charge in [-0.25, -0.2) is 0 Å². The number of aromatic nitrogens is 3. The number of amides is 1. The SMILES string of the molecule is Cc1nnc(NC(=O)c2cc[n+]([O-])cc2)s1. The molecule has 0 aliphatic carbocycles. The molecule has 1 amide bonds. The van der Waals surface area contributed by atoms with Crippen molar-refractivity contribution in [3.05, 3.63) is 40.3 Å². The van der Waals surface area contributed by atoms with Crippen molar-refractivity contribution >= 4 is 22.4 Å². The number of carbonyl (C=O) groups is 1. The Kier molecular flexibility index (Phi) is 2.78. The molecule has 2 aromatic heterocycles. The molecule has 2 aromatic rings. The highest BCUT2D eigenvalue weighted by atomic mass is 32.1. The second-order valence-corrected chi connectivity index (χ2v) is 4.21. The average molecular weight is 236 g/mol. The molecule has 2 rings (SSSR count). The smallest absolute Gasteiger partial charge is 0.257 e. The number of aryl methyl sites for hydroxylation is 1. The number of nitrogens with zero attached hydrogens (tertiary/aromatic N) is 3. The van der Waals surface area contributed by atoms with Gasteiger partial charge in [0.1, 0.15) is 5.01 Å². The number of hydrogen-bond acceptors (Lipinski definition) is 5. The lowest BCUT2D eigenvalue weighted by molar-refractivity contribution is -0.605. The van der Waals surface area contributed by atoms with Crippen molar-refractivity contribution < 1.29 is 9.52 Å². The molecule has 0 radical (unpaired) electrons. The lowest BCUT2D eigenvalue weighted by Crippen LogP contribution is -2.25. The third kappa shape index (κ3) is 2.31. The van der Waals surface area contributed by atoms with Gasteiger partial charge < -0.3 is 5.21 Å². The summed E-state index contributed by atoms with van der Waals surface area (Å²) >= 11 is 1.29. The van der Waals surface area contributed by atoms with Crippen LogP contribution in [-0.2, 0) is 0 Å². The van der Waals surface area contributed by atoms with Crippen molar-refractivity contribution in [2.45, 2.75) is 6.92 Å². The van der Waals surface area contributed by atoms with Crippen molar-refractivity contribution in [2.75, 3.05) is 5.32 Å². The third-order valence-electron chi connectivity index (χ3n) is 1.81. The van der Waals surface area contributed by atoms with Gasteiger partial charge in [0.05, 0.1) is 5.56 Å². The maximum Gasteiger partial charge on any atom is 0.257 e. The fourth-order valence-electron chi connectivity index (χ4n) is 1.08. The molecule has 0 saturated carbocycles. The van der Waals surface area contributed by atoms with Crippen LogP contribution < -0.4 is 10.0 Å². The Bertz CT molecular complexity index is 508. The second kappa shape index (κ2) is 4.23. The van der Waals surface area contributed by atoms with E-state index in [1.165, 1.54) is 35.9 Å². The fourth-order valence-corrected chi connectivity index (χ4v) is 1.67. The summed E-state index contributed by atoms with van der Waals surface area (Å²) in [6.45, 7) is 1.80. The minimum Gasteiger partial charge on any atom is -0.619 e. The molecule has 0 aliphatic heterocycles. The lowest BCUT2D eigenvalue weighted by Gasteiger charge is -2.00. The molecule has 1 N–H and O–H groups in total. The van der Waals surface area contributed by atoms with Crippen LogP contribution in [0.15, 0.2) is 24.5 Å². The van der Waals surface area contributed by atoms with E-state index in [9.17, 15) is 10.0 Å². The summed E-state index contributed by atoms with van der Waals surface area (Å²) in [6.07, 6.45) is 2.53. The molecule has 0 saturated heterocycles. The summed E-state index contributed by atoms with van der Waals surface area (Å²) in [5.41, 5.74) is 0.403. The standard InChI is InChI=1S/C9H8N4O2S/c1-6-11-12-9(16-6)10-8(14)7-2-4-13(15)5-3-7/h2-5H,1H3,(H,10,12,14). The Balaban J connectivity index is 2.11. The predicted molar refractivity (Wildman–Crippen MR) is 58.0 cm³/mol. The normalized spacial score (nSPS) is 10.1. The quantitative estimate of drug-likeness (QED) is 0.615. The molecule has 0 aromatic carbocycles. The molecule has 7 heteroatoms. The van der Waals surface area contributed by atoms with E-state index in [2.05, 4.69) is 15.5 Å². The second-order valence-electron chi connectivity index (χ2n) is 3.03. The highest BCUT2D eigenvalue weighted by Gasteiger charge is 2.09. The van der Waals surface area contributed by atoms with Gasteiger partial charge in [0.2, 0.25) is 5.13 Å². The monoisotopic (exact) mass is 236 g/mol. The highest BCUT2D eigenvalue weighted by Crippen LogP contribution is 2.14. The molecule has 0 spiro atoms. The van der Waals surface area contributed by atoms with Crippen LogP contribution >= 0.6 is 11.3 Å². The van der Waals surface area contributed by atoms with Gasteiger partial charge in [-0.3, -0.25) is 10.1 Å². The van der Waals surface area contributed by atoms with Crippen molar-refractivity contribution in [1.82, 2.24) is 10.2 Å². The molecular formula is C9H8N4O2S. The molecule has 0 unspecified atom stereocenters. The Morgan fingerprint density at radius 3 is 2.69 bits per heavy atom. The molecule has 6 nitrogen and oxygen atoms in total. The van der Waals surface area contributed by atoms with E-state index in [0.717, 1.165) is 5.01 Å². The van der Waals surface area contributed by atoms with E-state index in [-0.39, 0.29) is 5.91 Å². The zero-order valence-electron chi connectivity index (χ0n) is 8.38. The zero-order valence-corrected chi connectivity index (χ0v) is 9.19. The number of carbonyl (C=O) groups excluding carboxylic acids is 1. The van der Waals surface area contributed by atoms with E-state index < -0.39 is 0 Å². The topological polar surface area (TPSA) is 81.8 Å². The number of anilines is 1. The van der Waals surface area contributed by atoms with Gasteiger partial charge in [-0.05, 0) is 6.92 Å². The van der Waals surface area contributed by atoms with Crippen LogP contribution in [-0.4, -0.2) is 16.1 Å². The average Bonchev–Trinajstić information content (AvgIpc) is 2.65. The molecular weight excluding hydrogens is 228 g/mol. The number of nitrogens with one attached hydrogen (secondary N) is 1. The van der Waals surface area contributed by atoms with Crippen LogP contribution in [0.25, 0.3) is 0 Å². The first kappa shape index (κ1) is 10.5. The van der Waals surface area contributed by atoms with Gasteiger partial charge >= 0.3 is 0 Å². The third-order valence-corrected chi connectivity index (χ3v) is 2.56. The van der Waals surface area contributed by atoms with Gasteiger partial charge in [0.25, 0.3) is 5.91 Å². The highest BCUT2D eigenvalue weighted by molar-refractivity contribution is 7.15. The van der Waals surface area contributed by atoms with E-state index >= 15 is 0 Å². The van der Waals surface area contributed by atoms with Crippen molar-refractivity contribution in [3.8, 4) is 0 Å². The van der Waals surface area contributed by atoms with Crippen LogP contribution in [0.3, 0.4) is 0 Å². The summed E-state index contributed by atoms with van der Waals surface area (Å²) in [6, 6.07) is 2.88. The van der Waals surface area contributed by atoms with Gasteiger partial charge in [0, 0.05) is 12.1 Å². The van der Waals surface area contributed by atoms with Gasteiger partial charge in [-0.15, -0.1) is 10.2 Å². The molecule has 0 atom stereocenters. The zero-order chi connectivity index (χ0) is 11.5. The van der Waals surface area contributed by atoms with Crippen LogP contribution in [0.5, 0.6) is 0 Å². The molecule has 16 heavy (non-hydrogen) atoms. The molecule has 82 valence electrons. The Labute approximate surface area is 95.2 Å². The number of rotatable bonds is 2. The van der Waals surface area contributed by atoms with Gasteiger partial charge in [-0.2, -0.15) is 4.73 Å². The summed E-state index contributed by atoms with van der Waals surface area (Å²) in [4.78, 5) is 11.7. The molecule has 0 aliphatic rings. The molecule has 0 fully saturated rings. The molecule has 2 heterocycles. The van der Waals surface area contributed by atoms with E-state index in [1.807, 2.05) is 0 Å². The Morgan fingerprint density at radius 1 is 1.44 bits per heavy atom. The number of hydrogen-bond donors (Lipinski definition) is 1. The van der Waals surface area contributed by atoms with Crippen molar-refractivity contribution in [1.29, 1.82) is 0 Å². The molecule has 0 bridgehead atoms. The first-order chi connectivity index (χ1) is 7.65. The van der Waals surface area contributed by atoms with Crippen LogP contribution in [0.1, 0.15) is 15.4 Å². The van der Waals surface area contributed by atoms with Crippen molar-refractivity contribution in [3.63, 3.8) is 0 Å². The van der Waals surface area contributed by atoms with Crippen LogP contribution in [0.2, 0.25) is 0 Å². The maximum atomic E-state index is 11.7. The Hall–Kier alpha value is -2.02. The van der Waals surface area contributed by atoms with Gasteiger partial charge in [0.15, 0.2) is 12.4 Å². The largest absolute Gasteiger partial charge is 0.619 e.